The van der Waals surface area contributed by atoms with Gasteiger partial charge in [0.15, 0.2) is 7.85 Å². The molecule has 17 heavy (non-hydrogen) atoms. The smallest absolute Gasteiger partial charge is 0.150 e. The molecule has 1 fully saturated rings. The van der Waals surface area contributed by atoms with Gasteiger partial charge in [-0.2, -0.15) is 0 Å². The molecule has 2 heteroatoms. The minimum atomic E-state index is 0.285. The largest absolute Gasteiger partial charge is 0.507 e. The van der Waals surface area contributed by atoms with Gasteiger partial charge in [-0.05, 0) is 35.7 Å². The van der Waals surface area contributed by atoms with E-state index in [0.717, 1.165) is 6.51 Å². The predicted molar refractivity (Wildman–Crippen MR) is 77.8 cm³/mol. The standard InChI is InChI=1S/C15H29BO/c1-14(2,3)9-12(15(4,5)6)13(17-10-16)11-7-8-11/h12H,7-10,16H2,1-6H3. The van der Waals surface area contributed by atoms with Crippen molar-refractivity contribution in [3.8, 4) is 0 Å². The number of hydrogen-bond donors (Lipinski definition) is 0. The number of rotatable bonds is 4. The molecule has 1 rings (SSSR count). The summed E-state index contributed by atoms with van der Waals surface area (Å²) in [7, 11) is 2.10. The van der Waals surface area contributed by atoms with Crippen molar-refractivity contribution in [1.29, 1.82) is 0 Å². The van der Waals surface area contributed by atoms with Crippen LogP contribution in [0.3, 0.4) is 0 Å². The second kappa shape index (κ2) is 5.08. The third kappa shape index (κ3) is 4.77. The van der Waals surface area contributed by atoms with Gasteiger partial charge in [0.2, 0.25) is 0 Å². The molecular weight excluding hydrogens is 207 g/mol. The topological polar surface area (TPSA) is 9.23 Å². The lowest BCUT2D eigenvalue weighted by Crippen LogP contribution is -2.28. The Morgan fingerprint density at radius 2 is 1.71 bits per heavy atom. The summed E-state index contributed by atoms with van der Waals surface area (Å²) in [6.45, 7) is 14.8. The molecular formula is C15H29BO. The Labute approximate surface area is 108 Å². The molecule has 1 aliphatic carbocycles. The van der Waals surface area contributed by atoms with Gasteiger partial charge in [-0.1, -0.05) is 41.5 Å². The molecule has 0 saturated heterocycles. The Hall–Kier alpha value is -0.395. The quantitative estimate of drug-likeness (QED) is 0.533. The van der Waals surface area contributed by atoms with Crippen molar-refractivity contribution < 1.29 is 4.74 Å². The summed E-state index contributed by atoms with van der Waals surface area (Å²) in [5.74, 6) is 1.87. The van der Waals surface area contributed by atoms with E-state index in [1.165, 1.54) is 25.0 Å². The minimum absolute atomic E-state index is 0.285. The van der Waals surface area contributed by atoms with Crippen LogP contribution in [-0.4, -0.2) is 14.4 Å². The Kier molecular flexibility index (Phi) is 4.38. The maximum absolute atomic E-state index is 5.98. The monoisotopic (exact) mass is 236 g/mol. The molecule has 0 aliphatic heterocycles. The fourth-order valence-electron chi connectivity index (χ4n) is 2.32. The molecule has 0 bridgehead atoms. The van der Waals surface area contributed by atoms with Gasteiger partial charge < -0.3 is 4.74 Å². The van der Waals surface area contributed by atoms with Crippen LogP contribution in [0.1, 0.15) is 60.8 Å². The molecule has 0 radical (unpaired) electrons. The lowest BCUT2D eigenvalue weighted by atomic mass is 9.71. The van der Waals surface area contributed by atoms with Gasteiger partial charge in [-0.15, -0.1) is 0 Å². The second-order valence-electron chi connectivity index (χ2n) is 7.58. The third-order valence-electron chi connectivity index (χ3n) is 3.33. The first-order chi connectivity index (χ1) is 7.65. The molecule has 1 unspecified atom stereocenters. The fraction of sp³-hybridized carbons (Fsp3) is 0.867. The number of allylic oxidation sites excluding steroid dienone is 2. The van der Waals surface area contributed by atoms with Gasteiger partial charge in [-0.25, -0.2) is 0 Å². The van der Waals surface area contributed by atoms with E-state index in [1.807, 2.05) is 0 Å². The number of ether oxygens (including phenoxy) is 1. The van der Waals surface area contributed by atoms with Crippen LogP contribution < -0.4 is 0 Å². The van der Waals surface area contributed by atoms with Gasteiger partial charge in [0, 0.05) is 5.92 Å². The van der Waals surface area contributed by atoms with E-state index in [2.05, 4.69) is 49.4 Å². The fourth-order valence-corrected chi connectivity index (χ4v) is 2.32. The van der Waals surface area contributed by atoms with Crippen LogP contribution in [0.15, 0.2) is 11.3 Å². The Morgan fingerprint density at radius 1 is 1.18 bits per heavy atom. The molecule has 0 heterocycles. The van der Waals surface area contributed by atoms with Gasteiger partial charge >= 0.3 is 0 Å². The van der Waals surface area contributed by atoms with Gasteiger partial charge in [0.05, 0.1) is 12.3 Å². The van der Waals surface area contributed by atoms with Crippen LogP contribution in [-0.2, 0) is 4.74 Å². The summed E-state index contributed by atoms with van der Waals surface area (Å²) in [6.07, 6.45) is 3.72. The summed E-state index contributed by atoms with van der Waals surface area (Å²) in [5.41, 5.74) is 2.21. The van der Waals surface area contributed by atoms with Crippen LogP contribution in [0.25, 0.3) is 0 Å². The van der Waals surface area contributed by atoms with Crippen molar-refractivity contribution in [2.75, 3.05) is 6.51 Å². The van der Waals surface area contributed by atoms with Gasteiger partial charge in [0.25, 0.3) is 0 Å². The summed E-state index contributed by atoms with van der Waals surface area (Å²) in [5, 5.41) is 0. The lowest BCUT2D eigenvalue weighted by Gasteiger charge is -2.37. The highest BCUT2D eigenvalue weighted by molar-refractivity contribution is 6.08. The van der Waals surface area contributed by atoms with Crippen molar-refractivity contribution in [2.24, 2.45) is 16.7 Å². The van der Waals surface area contributed by atoms with E-state index < -0.39 is 0 Å². The molecule has 1 nitrogen and oxygen atoms in total. The van der Waals surface area contributed by atoms with E-state index in [4.69, 9.17) is 4.74 Å². The van der Waals surface area contributed by atoms with Crippen molar-refractivity contribution in [1.82, 2.24) is 0 Å². The molecule has 0 aromatic carbocycles. The Bertz CT molecular complexity index is 285. The minimum Gasteiger partial charge on any atom is -0.507 e. The van der Waals surface area contributed by atoms with E-state index in [1.54, 1.807) is 5.57 Å². The first-order valence-electron chi connectivity index (χ1n) is 7.00. The highest BCUT2D eigenvalue weighted by Gasteiger charge is 2.36. The normalized spacial score (nSPS) is 17.9. The van der Waals surface area contributed by atoms with Crippen molar-refractivity contribution in [3.63, 3.8) is 0 Å². The zero-order valence-electron chi connectivity index (χ0n) is 12.8. The predicted octanol–water partition coefficient (Wildman–Crippen LogP) is 3.74. The average molecular weight is 236 g/mol. The summed E-state index contributed by atoms with van der Waals surface area (Å²) < 4.78 is 5.98. The highest BCUT2D eigenvalue weighted by Crippen LogP contribution is 2.46. The second-order valence-corrected chi connectivity index (χ2v) is 7.58. The van der Waals surface area contributed by atoms with Crippen LogP contribution in [0, 0.1) is 16.7 Å². The molecule has 0 aromatic heterocycles. The molecule has 98 valence electrons. The average Bonchev–Trinajstić information content (AvgIpc) is 2.90. The van der Waals surface area contributed by atoms with Crippen molar-refractivity contribution in [2.45, 2.75) is 60.8 Å². The lowest BCUT2D eigenvalue weighted by molar-refractivity contribution is 0.115. The van der Waals surface area contributed by atoms with E-state index >= 15 is 0 Å². The zero-order valence-corrected chi connectivity index (χ0v) is 12.8. The van der Waals surface area contributed by atoms with Crippen LogP contribution in [0.2, 0.25) is 0 Å². The van der Waals surface area contributed by atoms with Crippen molar-refractivity contribution >= 4 is 7.85 Å². The zero-order chi connectivity index (χ0) is 13.3. The van der Waals surface area contributed by atoms with E-state index in [9.17, 15) is 0 Å². The first-order valence-corrected chi connectivity index (χ1v) is 7.00. The molecule has 0 amide bonds. The van der Waals surface area contributed by atoms with E-state index in [0.29, 0.717) is 11.3 Å². The summed E-state index contributed by atoms with van der Waals surface area (Å²) in [6, 6.07) is 0. The van der Waals surface area contributed by atoms with Gasteiger partial charge in [-0.3, -0.25) is 0 Å². The summed E-state index contributed by atoms with van der Waals surface area (Å²) >= 11 is 0. The molecule has 1 saturated carbocycles. The molecule has 1 aliphatic rings. The van der Waals surface area contributed by atoms with Crippen molar-refractivity contribution in [3.05, 3.63) is 11.3 Å². The molecule has 1 atom stereocenters. The maximum Gasteiger partial charge on any atom is 0.150 e. The first kappa shape index (κ1) is 14.7. The number of hydrogen-bond acceptors (Lipinski definition) is 1. The van der Waals surface area contributed by atoms with Crippen LogP contribution in [0.4, 0.5) is 0 Å². The summed E-state index contributed by atoms with van der Waals surface area (Å²) in [4.78, 5) is 0. The molecule has 0 spiro atoms. The SMILES string of the molecule is BCOC(=C1CC1)C(CC(C)(C)C)C(C)(C)C. The molecule has 0 N–H and O–H groups in total. The third-order valence-corrected chi connectivity index (χ3v) is 3.33. The highest BCUT2D eigenvalue weighted by atomic mass is 16.5. The Morgan fingerprint density at radius 3 is 2.00 bits per heavy atom. The van der Waals surface area contributed by atoms with Crippen LogP contribution >= 0.6 is 0 Å². The molecule has 0 aromatic rings. The van der Waals surface area contributed by atoms with Crippen LogP contribution in [0.5, 0.6) is 0 Å². The van der Waals surface area contributed by atoms with Gasteiger partial charge in [0.1, 0.15) is 0 Å². The van der Waals surface area contributed by atoms with E-state index in [-0.39, 0.29) is 5.41 Å². The maximum atomic E-state index is 5.98. The Balaban J connectivity index is 2.93.